The van der Waals surface area contributed by atoms with Crippen molar-refractivity contribution in [1.29, 1.82) is 0 Å². The zero-order chi connectivity index (χ0) is 10.7. The van der Waals surface area contributed by atoms with Gasteiger partial charge in [0.25, 0.3) is 5.91 Å². The highest BCUT2D eigenvalue weighted by atomic mass is 35.5. The summed E-state index contributed by atoms with van der Waals surface area (Å²) in [6.45, 7) is 0.304. The minimum absolute atomic E-state index is 0.168. The Morgan fingerprint density at radius 1 is 1.43 bits per heavy atom. The lowest BCUT2D eigenvalue weighted by Gasteiger charge is -2.08. The first-order valence-electron chi connectivity index (χ1n) is 3.89. The summed E-state index contributed by atoms with van der Waals surface area (Å²) in [4.78, 5) is 11.1. The Kier molecular flexibility index (Phi) is 3.75. The Morgan fingerprint density at radius 3 is 2.57 bits per heavy atom. The van der Waals surface area contributed by atoms with E-state index in [1.165, 1.54) is 0 Å². The fourth-order valence-corrected chi connectivity index (χ4v) is 1.54. The molecule has 0 unspecified atom stereocenters. The number of amides is 1. The van der Waals surface area contributed by atoms with Gasteiger partial charge in [-0.3, -0.25) is 4.79 Å². The van der Waals surface area contributed by atoms with Gasteiger partial charge in [-0.2, -0.15) is 0 Å². The van der Waals surface area contributed by atoms with E-state index < -0.39 is 5.91 Å². The number of hydrogen-bond donors (Lipinski definition) is 2. The van der Waals surface area contributed by atoms with Crippen molar-refractivity contribution in [2.45, 2.75) is 0 Å². The Balaban J connectivity index is 3.30. The average Bonchev–Trinajstić information content (AvgIpc) is 2.11. The fourth-order valence-electron chi connectivity index (χ4n) is 1.11. The maximum Gasteiger partial charge on any atom is 0.250 e. The Bertz CT molecular complexity index is 366. The molecule has 0 aliphatic rings. The van der Waals surface area contributed by atoms with Gasteiger partial charge in [0.15, 0.2) is 0 Å². The van der Waals surface area contributed by atoms with Gasteiger partial charge in [-0.15, -0.1) is 0 Å². The molecule has 0 saturated carbocycles. The van der Waals surface area contributed by atoms with Crippen molar-refractivity contribution in [2.75, 3.05) is 6.54 Å². The minimum Gasteiger partial charge on any atom is -0.366 e. The van der Waals surface area contributed by atoms with Crippen LogP contribution in [0.4, 0.5) is 0 Å². The molecule has 5 heteroatoms. The molecule has 0 bridgehead atoms. The van der Waals surface area contributed by atoms with E-state index in [1.807, 2.05) is 0 Å². The molecule has 0 aromatic heterocycles. The summed E-state index contributed by atoms with van der Waals surface area (Å²) in [5.41, 5.74) is 11.3. The van der Waals surface area contributed by atoms with Crippen LogP contribution in [0.3, 0.4) is 0 Å². The van der Waals surface area contributed by atoms with Crippen molar-refractivity contribution in [3.8, 4) is 0 Å². The van der Waals surface area contributed by atoms with Gasteiger partial charge in [0.2, 0.25) is 0 Å². The summed E-state index contributed by atoms with van der Waals surface area (Å²) >= 11 is 11.6. The van der Waals surface area contributed by atoms with Gasteiger partial charge in [-0.25, -0.2) is 0 Å². The normalized spacial score (nSPS) is 10.2. The number of rotatable bonds is 3. The zero-order valence-electron chi connectivity index (χ0n) is 7.26. The lowest BCUT2D eigenvalue weighted by Crippen LogP contribution is -2.15. The molecule has 0 heterocycles. The number of primary amides is 1. The zero-order valence-corrected chi connectivity index (χ0v) is 8.77. The highest BCUT2D eigenvalue weighted by molar-refractivity contribution is 6.44. The highest BCUT2D eigenvalue weighted by Crippen LogP contribution is 2.28. The third-order valence-corrected chi connectivity index (χ3v) is 2.52. The second-order valence-corrected chi connectivity index (χ2v) is 3.41. The van der Waals surface area contributed by atoms with Gasteiger partial charge in [-0.05, 0) is 18.2 Å². The molecular formula is C9H9Cl2N2O. The second kappa shape index (κ2) is 4.64. The number of halogens is 2. The topological polar surface area (TPSA) is 69.1 Å². The molecular weight excluding hydrogens is 223 g/mol. The summed E-state index contributed by atoms with van der Waals surface area (Å²) in [7, 11) is 0. The van der Waals surface area contributed by atoms with Crippen LogP contribution in [-0.2, 0) is 0 Å². The van der Waals surface area contributed by atoms with Gasteiger partial charge < -0.3 is 11.5 Å². The standard InChI is InChI=1S/C9H9Cl2N2O/c10-6-2-1-5(3-4-12)7(8(6)11)9(13)14/h1-3H,4,12H2,(H2,13,14). The molecule has 1 aromatic carbocycles. The largest absolute Gasteiger partial charge is 0.366 e. The van der Waals surface area contributed by atoms with Crippen molar-refractivity contribution in [2.24, 2.45) is 11.5 Å². The number of nitrogens with two attached hydrogens (primary N) is 2. The lowest BCUT2D eigenvalue weighted by molar-refractivity contribution is 0.1000. The predicted octanol–water partition coefficient (Wildman–Crippen LogP) is 1.60. The lowest BCUT2D eigenvalue weighted by atomic mass is 10.0. The third kappa shape index (κ3) is 2.18. The van der Waals surface area contributed by atoms with Crippen molar-refractivity contribution >= 4 is 29.1 Å². The second-order valence-electron chi connectivity index (χ2n) is 2.63. The molecule has 4 N–H and O–H groups in total. The molecule has 3 nitrogen and oxygen atoms in total. The molecule has 1 radical (unpaired) electrons. The highest BCUT2D eigenvalue weighted by Gasteiger charge is 2.14. The molecule has 0 atom stereocenters. The molecule has 0 saturated heterocycles. The summed E-state index contributed by atoms with van der Waals surface area (Å²) in [5.74, 6) is -0.614. The number of carbonyl (C=O) groups is 1. The van der Waals surface area contributed by atoms with Crippen molar-refractivity contribution < 1.29 is 4.79 Å². The first-order chi connectivity index (χ1) is 6.57. The van der Waals surface area contributed by atoms with Gasteiger partial charge in [0.05, 0.1) is 15.6 Å². The van der Waals surface area contributed by atoms with Crippen LogP contribution in [0.5, 0.6) is 0 Å². The first kappa shape index (κ1) is 11.3. The van der Waals surface area contributed by atoms with Crippen LogP contribution in [0.25, 0.3) is 0 Å². The van der Waals surface area contributed by atoms with Crippen LogP contribution >= 0.6 is 23.2 Å². The molecule has 1 amide bonds. The molecule has 0 fully saturated rings. The van der Waals surface area contributed by atoms with Crippen LogP contribution in [-0.4, -0.2) is 12.5 Å². The van der Waals surface area contributed by atoms with E-state index in [1.54, 1.807) is 18.6 Å². The number of hydrogen-bond acceptors (Lipinski definition) is 2. The van der Waals surface area contributed by atoms with E-state index in [4.69, 9.17) is 34.7 Å². The van der Waals surface area contributed by atoms with Gasteiger partial charge in [0.1, 0.15) is 0 Å². The van der Waals surface area contributed by atoms with Crippen LogP contribution in [0, 0.1) is 6.42 Å². The van der Waals surface area contributed by atoms with Gasteiger partial charge in [0, 0.05) is 6.42 Å². The summed E-state index contributed by atoms with van der Waals surface area (Å²) in [5, 5.41) is 0.469. The van der Waals surface area contributed by atoms with Crippen molar-refractivity contribution in [1.82, 2.24) is 0 Å². The Morgan fingerprint density at radius 2 is 2.07 bits per heavy atom. The SMILES string of the molecule is NC[CH]c1ccc(Cl)c(Cl)c1C(N)=O. The minimum atomic E-state index is -0.614. The van der Waals surface area contributed by atoms with E-state index in [2.05, 4.69) is 0 Å². The molecule has 0 aliphatic heterocycles. The van der Waals surface area contributed by atoms with Crippen molar-refractivity contribution in [3.63, 3.8) is 0 Å². The molecule has 75 valence electrons. The number of carbonyl (C=O) groups excluding carboxylic acids is 1. The quantitative estimate of drug-likeness (QED) is 0.830. The molecule has 0 aliphatic carbocycles. The van der Waals surface area contributed by atoms with E-state index in [0.717, 1.165) is 0 Å². The van der Waals surface area contributed by atoms with E-state index >= 15 is 0 Å². The van der Waals surface area contributed by atoms with Crippen LogP contribution in [0.1, 0.15) is 15.9 Å². The molecule has 14 heavy (non-hydrogen) atoms. The van der Waals surface area contributed by atoms with Crippen LogP contribution in [0.2, 0.25) is 10.0 Å². The van der Waals surface area contributed by atoms with E-state index in [0.29, 0.717) is 17.1 Å². The van der Waals surface area contributed by atoms with E-state index in [9.17, 15) is 4.79 Å². The smallest absolute Gasteiger partial charge is 0.250 e. The Hall–Kier alpha value is -0.770. The van der Waals surface area contributed by atoms with Gasteiger partial charge in [-0.1, -0.05) is 29.3 Å². The van der Waals surface area contributed by atoms with Gasteiger partial charge >= 0.3 is 0 Å². The molecule has 0 spiro atoms. The summed E-state index contributed by atoms with van der Waals surface area (Å²) < 4.78 is 0. The summed E-state index contributed by atoms with van der Waals surface area (Å²) in [6, 6.07) is 3.25. The maximum absolute atomic E-state index is 11.1. The van der Waals surface area contributed by atoms with Crippen LogP contribution < -0.4 is 11.5 Å². The fraction of sp³-hybridized carbons (Fsp3) is 0.111. The van der Waals surface area contributed by atoms with E-state index in [-0.39, 0.29) is 10.6 Å². The monoisotopic (exact) mass is 231 g/mol. The van der Waals surface area contributed by atoms with Crippen LogP contribution in [0.15, 0.2) is 12.1 Å². The third-order valence-electron chi connectivity index (χ3n) is 1.71. The predicted molar refractivity (Wildman–Crippen MR) is 57.4 cm³/mol. The maximum atomic E-state index is 11.1. The first-order valence-corrected chi connectivity index (χ1v) is 4.64. The average molecular weight is 232 g/mol. The molecule has 1 rings (SSSR count). The molecule has 1 aromatic rings. The Labute approximate surface area is 92.0 Å². The summed E-state index contributed by atoms with van der Waals surface area (Å²) in [6.07, 6.45) is 1.66. The number of benzene rings is 1. The van der Waals surface area contributed by atoms with Crippen molar-refractivity contribution in [3.05, 3.63) is 39.7 Å².